The first-order chi connectivity index (χ1) is 9.27. The lowest BCUT2D eigenvalue weighted by Gasteiger charge is -2.08. The fourth-order valence-electron chi connectivity index (χ4n) is 2.07. The van der Waals surface area contributed by atoms with E-state index < -0.39 is 11.7 Å². The summed E-state index contributed by atoms with van der Waals surface area (Å²) in [6, 6.07) is 5.03. The van der Waals surface area contributed by atoms with Crippen molar-refractivity contribution in [3.8, 4) is 11.1 Å². The van der Waals surface area contributed by atoms with E-state index in [0.29, 0.717) is 12.0 Å². The molecule has 0 amide bonds. The van der Waals surface area contributed by atoms with Crippen LogP contribution in [-0.4, -0.2) is 15.8 Å². The van der Waals surface area contributed by atoms with Crippen molar-refractivity contribution < 1.29 is 13.2 Å². The minimum atomic E-state index is -4.32. The van der Waals surface area contributed by atoms with Crippen LogP contribution in [0.15, 0.2) is 30.5 Å². The van der Waals surface area contributed by atoms with Gasteiger partial charge in [0.25, 0.3) is 0 Å². The van der Waals surface area contributed by atoms with E-state index in [1.165, 1.54) is 12.1 Å². The fourth-order valence-corrected chi connectivity index (χ4v) is 2.07. The summed E-state index contributed by atoms with van der Waals surface area (Å²) in [6.45, 7) is 1.87. The third-order valence-corrected chi connectivity index (χ3v) is 2.94. The van der Waals surface area contributed by atoms with Crippen molar-refractivity contribution in [2.75, 3.05) is 0 Å². The average Bonchev–Trinajstić information content (AvgIpc) is 2.68. The highest BCUT2D eigenvalue weighted by Gasteiger charge is 2.30. The quantitative estimate of drug-likeness (QED) is 0.941. The lowest BCUT2D eigenvalue weighted by molar-refractivity contribution is -0.137. The zero-order valence-corrected chi connectivity index (χ0v) is 11.3. The van der Waals surface area contributed by atoms with Crippen LogP contribution in [0.1, 0.15) is 18.2 Å². The maximum absolute atomic E-state index is 12.5. The highest BCUT2D eigenvalue weighted by molar-refractivity contribution is 5.65. The van der Waals surface area contributed by atoms with Gasteiger partial charge in [-0.05, 0) is 24.6 Å². The third-order valence-electron chi connectivity index (χ3n) is 2.94. The molecule has 0 saturated heterocycles. The van der Waals surface area contributed by atoms with E-state index in [9.17, 15) is 13.2 Å². The molecule has 2 N–H and O–H groups in total. The number of aromatic nitrogens is 2. The van der Waals surface area contributed by atoms with Crippen LogP contribution in [0.5, 0.6) is 0 Å². The Hall–Kier alpha value is -1.82. The Bertz CT molecular complexity index is 583. The van der Waals surface area contributed by atoms with E-state index in [1.54, 1.807) is 17.9 Å². The number of nitrogens with two attached hydrogens (primary N) is 1. The highest BCUT2D eigenvalue weighted by atomic mass is 19.4. The van der Waals surface area contributed by atoms with Crippen molar-refractivity contribution in [1.82, 2.24) is 9.78 Å². The SMILES string of the molecule is CC(N)Cc1nn(C)cc1-c1ccc(C(F)(F)F)cc1. The van der Waals surface area contributed by atoms with Gasteiger partial charge in [0.1, 0.15) is 0 Å². The van der Waals surface area contributed by atoms with E-state index in [1.807, 2.05) is 6.92 Å². The van der Waals surface area contributed by atoms with Gasteiger partial charge >= 0.3 is 6.18 Å². The molecular formula is C14H16F3N3. The molecule has 6 heteroatoms. The van der Waals surface area contributed by atoms with Crippen molar-refractivity contribution in [2.45, 2.75) is 25.6 Å². The summed E-state index contributed by atoms with van der Waals surface area (Å²) in [5.41, 5.74) is 7.43. The first kappa shape index (κ1) is 14.6. The van der Waals surface area contributed by atoms with Crippen LogP contribution in [0.3, 0.4) is 0 Å². The van der Waals surface area contributed by atoms with Crippen molar-refractivity contribution in [3.05, 3.63) is 41.7 Å². The molecule has 2 rings (SSSR count). The van der Waals surface area contributed by atoms with Crippen LogP contribution in [0.25, 0.3) is 11.1 Å². The summed E-state index contributed by atoms with van der Waals surface area (Å²) < 4.78 is 39.3. The van der Waals surface area contributed by atoms with Gasteiger partial charge in [0, 0.05) is 31.3 Å². The second-order valence-corrected chi connectivity index (χ2v) is 4.92. The van der Waals surface area contributed by atoms with Crippen LogP contribution >= 0.6 is 0 Å². The molecule has 1 atom stereocenters. The number of nitrogens with zero attached hydrogens (tertiary/aromatic N) is 2. The maximum Gasteiger partial charge on any atom is 0.416 e. The van der Waals surface area contributed by atoms with E-state index >= 15 is 0 Å². The zero-order valence-electron chi connectivity index (χ0n) is 11.3. The number of hydrogen-bond acceptors (Lipinski definition) is 2. The Morgan fingerprint density at radius 2 is 1.85 bits per heavy atom. The monoisotopic (exact) mass is 283 g/mol. The second kappa shape index (κ2) is 5.28. The maximum atomic E-state index is 12.5. The van der Waals surface area contributed by atoms with Gasteiger partial charge < -0.3 is 5.73 Å². The highest BCUT2D eigenvalue weighted by Crippen LogP contribution is 2.31. The van der Waals surface area contributed by atoms with Crippen molar-refractivity contribution in [2.24, 2.45) is 12.8 Å². The summed E-state index contributed by atoms with van der Waals surface area (Å²) in [5, 5.41) is 4.31. The first-order valence-corrected chi connectivity index (χ1v) is 6.23. The minimum Gasteiger partial charge on any atom is -0.328 e. The van der Waals surface area contributed by atoms with Crippen LogP contribution < -0.4 is 5.73 Å². The molecule has 0 aliphatic rings. The zero-order chi connectivity index (χ0) is 14.9. The second-order valence-electron chi connectivity index (χ2n) is 4.92. The predicted octanol–water partition coefficient (Wildman–Crippen LogP) is 3.00. The number of halogens is 3. The van der Waals surface area contributed by atoms with Crippen molar-refractivity contribution in [1.29, 1.82) is 0 Å². The molecule has 0 aliphatic heterocycles. The van der Waals surface area contributed by atoms with E-state index in [-0.39, 0.29) is 6.04 Å². The van der Waals surface area contributed by atoms with E-state index in [4.69, 9.17) is 5.73 Å². The van der Waals surface area contributed by atoms with Gasteiger partial charge in [-0.1, -0.05) is 12.1 Å². The lowest BCUT2D eigenvalue weighted by Crippen LogP contribution is -2.18. The molecule has 0 fully saturated rings. The van der Waals surface area contributed by atoms with Crippen LogP contribution in [0, 0.1) is 0 Å². The van der Waals surface area contributed by atoms with E-state index in [2.05, 4.69) is 5.10 Å². The minimum absolute atomic E-state index is 0.0573. The third kappa shape index (κ3) is 3.19. The number of rotatable bonds is 3. The Morgan fingerprint density at radius 1 is 1.25 bits per heavy atom. The van der Waals surface area contributed by atoms with Gasteiger partial charge in [-0.3, -0.25) is 4.68 Å². The molecule has 0 aliphatic carbocycles. The van der Waals surface area contributed by atoms with Crippen LogP contribution in [0.4, 0.5) is 13.2 Å². The molecule has 1 heterocycles. The summed E-state index contributed by atoms with van der Waals surface area (Å²) in [5.74, 6) is 0. The number of benzene rings is 1. The number of hydrogen-bond donors (Lipinski definition) is 1. The topological polar surface area (TPSA) is 43.8 Å². The molecule has 1 aromatic heterocycles. The Kier molecular flexibility index (Phi) is 3.85. The van der Waals surface area contributed by atoms with Gasteiger partial charge in [0.2, 0.25) is 0 Å². The van der Waals surface area contributed by atoms with Gasteiger partial charge in [-0.25, -0.2) is 0 Å². The first-order valence-electron chi connectivity index (χ1n) is 6.23. The predicted molar refractivity (Wildman–Crippen MR) is 71.0 cm³/mol. The normalized spacial score (nSPS) is 13.5. The number of aryl methyl sites for hydroxylation is 1. The van der Waals surface area contributed by atoms with Crippen LogP contribution in [0.2, 0.25) is 0 Å². The molecule has 1 aromatic carbocycles. The van der Waals surface area contributed by atoms with Gasteiger partial charge in [-0.2, -0.15) is 18.3 Å². The Balaban J connectivity index is 2.36. The smallest absolute Gasteiger partial charge is 0.328 e. The Morgan fingerprint density at radius 3 is 2.35 bits per heavy atom. The van der Waals surface area contributed by atoms with Crippen LogP contribution in [-0.2, 0) is 19.6 Å². The lowest BCUT2D eigenvalue weighted by atomic mass is 10.0. The standard InChI is InChI=1S/C14H16F3N3/c1-9(18)7-13-12(8-20(2)19-13)10-3-5-11(6-4-10)14(15,16)17/h3-6,8-9H,7,18H2,1-2H3. The molecule has 0 spiro atoms. The van der Waals surface area contributed by atoms with Crippen molar-refractivity contribution >= 4 is 0 Å². The van der Waals surface area contributed by atoms with Crippen molar-refractivity contribution in [3.63, 3.8) is 0 Å². The van der Waals surface area contributed by atoms with Gasteiger partial charge in [-0.15, -0.1) is 0 Å². The van der Waals surface area contributed by atoms with Gasteiger partial charge in [0.15, 0.2) is 0 Å². The van der Waals surface area contributed by atoms with Gasteiger partial charge in [0.05, 0.1) is 11.3 Å². The number of alkyl halides is 3. The molecule has 0 radical (unpaired) electrons. The summed E-state index contributed by atoms with van der Waals surface area (Å²) >= 11 is 0. The van der Waals surface area contributed by atoms with E-state index in [0.717, 1.165) is 23.4 Å². The molecule has 1 unspecified atom stereocenters. The molecule has 0 saturated carbocycles. The molecule has 2 aromatic rings. The fraction of sp³-hybridized carbons (Fsp3) is 0.357. The molecule has 20 heavy (non-hydrogen) atoms. The summed E-state index contributed by atoms with van der Waals surface area (Å²) in [6.07, 6.45) is -1.94. The Labute approximate surface area is 115 Å². The summed E-state index contributed by atoms with van der Waals surface area (Å²) in [4.78, 5) is 0. The average molecular weight is 283 g/mol. The molecule has 108 valence electrons. The molecular weight excluding hydrogens is 267 g/mol. The molecule has 0 bridgehead atoms. The summed E-state index contributed by atoms with van der Waals surface area (Å²) in [7, 11) is 1.78. The molecule has 3 nitrogen and oxygen atoms in total. The largest absolute Gasteiger partial charge is 0.416 e.